The molecule has 1 atom stereocenters. The van der Waals surface area contributed by atoms with Crippen LogP contribution in [0.2, 0.25) is 0 Å². The summed E-state index contributed by atoms with van der Waals surface area (Å²) in [4.78, 5) is 27.0. The van der Waals surface area contributed by atoms with E-state index in [0.29, 0.717) is 43.3 Å². The molecule has 8 heteroatoms. The zero-order chi connectivity index (χ0) is 18.4. The lowest BCUT2D eigenvalue weighted by molar-refractivity contribution is -0.138. The molecule has 1 fully saturated rings. The van der Waals surface area contributed by atoms with E-state index in [2.05, 4.69) is 0 Å². The lowest BCUT2D eigenvalue weighted by Crippen LogP contribution is -2.49. The van der Waals surface area contributed by atoms with Crippen molar-refractivity contribution in [2.45, 2.75) is 6.10 Å². The Morgan fingerprint density at radius 1 is 1.36 bits per heavy atom. The number of amides is 1. The monoisotopic (exact) mass is 352 g/mol. The quantitative estimate of drug-likeness (QED) is 0.767. The zero-order valence-corrected chi connectivity index (χ0v) is 14.7. The molecule has 1 aromatic carbocycles. The summed E-state index contributed by atoms with van der Waals surface area (Å²) in [6.45, 7) is 1.66. The third-order valence-electron chi connectivity index (χ3n) is 3.99. The van der Waals surface area contributed by atoms with E-state index in [1.165, 1.54) is 7.11 Å². The number of ether oxygens (including phenoxy) is 3. The van der Waals surface area contributed by atoms with Gasteiger partial charge in [0.2, 0.25) is 0 Å². The van der Waals surface area contributed by atoms with Gasteiger partial charge in [-0.2, -0.15) is 0 Å². The summed E-state index contributed by atoms with van der Waals surface area (Å²) < 4.78 is 16.1. The topological polar surface area (TPSA) is 88.5 Å². The summed E-state index contributed by atoms with van der Waals surface area (Å²) in [7, 11) is 4.77. The zero-order valence-electron chi connectivity index (χ0n) is 14.7. The summed E-state index contributed by atoms with van der Waals surface area (Å²) in [6, 6.07) is 5.07. The van der Waals surface area contributed by atoms with Crippen LogP contribution in [0.1, 0.15) is 10.4 Å². The fraction of sp³-hybridized carbons (Fsp3) is 0.529. The highest BCUT2D eigenvalue weighted by Gasteiger charge is 2.27. The van der Waals surface area contributed by atoms with E-state index in [-0.39, 0.29) is 18.6 Å². The summed E-state index contributed by atoms with van der Waals surface area (Å²) in [5.41, 5.74) is 0.461. The number of morpholine rings is 1. The molecule has 1 heterocycles. The van der Waals surface area contributed by atoms with Crippen LogP contribution >= 0.6 is 0 Å². The van der Waals surface area contributed by atoms with Crippen molar-refractivity contribution in [2.75, 3.05) is 54.1 Å². The van der Waals surface area contributed by atoms with Crippen molar-refractivity contribution < 1.29 is 28.9 Å². The number of benzene rings is 1. The number of rotatable bonds is 7. The fourth-order valence-electron chi connectivity index (χ4n) is 2.80. The number of aliphatic carboxylic acids is 1. The molecule has 0 aliphatic carbocycles. The average molecular weight is 352 g/mol. The maximum Gasteiger partial charge on any atom is 0.317 e. The highest BCUT2D eigenvalue weighted by Crippen LogP contribution is 2.26. The summed E-state index contributed by atoms with van der Waals surface area (Å²) in [5, 5.41) is 8.83. The van der Waals surface area contributed by atoms with E-state index in [1.807, 2.05) is 0 Å². The molecule has 1 aliphatic rings. The lowest BCUT2D eigenvalue weighted by Gasteiger charge is -2.34. The molecule has 1 N–H and O–H groups in total. The minimum Gasteiger partial charge on any atom is -0.497 e. The SMILES string of the molecule is COc1ccc(C(=O)N2CCOC(CN(C)CC(=O)O)C2)c(OC)c1. The first-order chi connectivity index (χ1) is 11.9. The number of methoxy groups -OCH3 is 2. The molecule has 25 heavy (non-hydrogen) atoms. The second-order valence-corrected chi connectivity index (χ2v) is 5.90. The van der Waals surface area contributed by atoms with Crippen molar-refractivity contribution in [3.63, 3.8) is 0 Å². The van der Waals surface area contributed by atoms with Gasteiger partial charge in [-0.3, -0.25) is 14.5 Å². The van der Waals surface area contributed by atoms with Crippen molar-refractivity contribution in [3.05, 3.63) is 23.8 Å². The summed E-state index contributed by atoms with van der Waals surface area (Å²) in [6.07, 6.45) is -0.230. The molecule has 138 valence electrons. The molecular formula is C17H24N2O6. The summed E-state index contributed by atoms with van der Waals surface area (Å²) in [5.74, 6) is 0.0295. The Balaban J connectivity index is 2.05. The van der Waals surface area contributed by atoms with Gasteiger partial charge in [-0.25, -0.2) is 0 Å². The molecule has 8 nitrogen and oxygen atoms in total. The van der Waals surface area contributed by atoms with E-state index in [0.717, 1.165) is 0 Å². The van der Waals surface area contributed by atoms with Crippen LogP contribution in [-0.4, -0.2) is 86.9 Å². The number of carboxylic acids is 1. The second kappa shape index (κ2) is 8.68. The number of carbonyl (C=O) groups excluding carboxylic acids is 1. The minimum atomic E-state index is -0.894. The number of hydrogen-bond donors (Lipinski definition) is 1. The van der Waals surface area contributed by atoms with Gasteiger partial charge in [-0.1, -0.05) is 0 Å². The normalized spacial score (nSPS) is 17.4. The third kappa shape index (κ3) is 5.07. The minimum absolute atomic E-state index is 0.0693. The van der Waals surface area contributed by atoms with Gasteiger partial charge in [0, 0.05) is 25.7 Å². The molecule has 1 unspecified atom stereocenters. The number of hydrogen-bond acceptors (Lipinski definition) is 6. The van der Waals surface area contributed by atoms with Crippen molar-refractivity contribution in [1.82, 2.24) is 9.80 Å². The first-order valence-corrected chi connectivity index (χ1v) is 7.97. The Morgan fingerprint density at radius 3 is 2.76 bits per heavy atom. The molecule has 0 radical (unpaired) electrons. The van der Waals surface area contributed by atoms with Gasteiger partial charge >= 0.3 is 5.97 Å². The van der Waals surface area contributed by atoms with Crippen LogP contribution in [0.15, 0.2) is 18.2 Å². The maximum atomic E-state index is 12.8. The maximum absolute atomic E-state index is 12.8. The Bertz CT molecular complexity index is 621. The lowest BCUT2D eigenvalue weighted by atomic mass is 10.1. The van der Waals surface area contributed by atoms with Gasteiger partial charge < -0.3 is 24.2 Å². The Morgan fingerprint density at radius 2 is 2.12 bits per heavy atom. The van der Waals surface area contributed by atoms with Crippen LogP contribution in [0.25, 0.3) is 0 Å². The van der Waals surface area contributed by atoms with Crippen LogP contribution in [0.4, 0.5) is 0 Å². The first-order valence-electron chi connectivity index (χ1n) is 7.97. The highest BCUT2D eigenvalue weighted by molar-refractivity contribution is 5.97. The second-order valence-electron chi connectivity index (χ2n) is 5.90. The third-order valence-corrected chi connectivity index (χ3v) is 3.99. The van der Waals surface area contributed by atoms with E-state index >= 15 is 0 Å². The van der Waals surface area contributed by atoms with Crippen LogP contribution in [0.3, 0.4) is 0 Å². The molecular weight excluding hydrogens is 328 g/mol. The number of carboxylic acid groups (broad SMARTS) is 1. The fourth-order valence-corrected chi connectivity index (χ4v) is 2.80. The molecule has 0 saturated carbocycles. The van der Waals surface area contributed by atoms with Crippen LogP contribution < -0.4 is 9.47 Å². The van der Waals surface area contributed by atoms with Gasteiger partial charge in [-0.15, -0.1) is 0 Å². The van der Waals surface area contributed by atoms with Crippen molar-refractivity contribution in [3.8, 4) is 11.5 Å². The van der Waals surface area contributed by atoms with Gasteiger partial charge in [0.05, 0.1) is 39.0 Å². The van der Waals surface area contributed by atoms with Crippen molar-refractivity contribution in [2.24, 2.45) is 0 Å². The van der Waals surface area contributed by atoms with Gasteiger partial charge in [0.25, 0.3) is 5.91 Å². The Hall–Kier alpha value is -2.32. The molecule has 0 spiro atoms. The molecule has 1 amide bonds. The smallest absolute Gasteiger partial charge is 0.317 e. The molecule has 0 bridgehead atoms. The Kier molecular flexibility index (Phi) is 6.60. The van der Waals surface area contributed by atoms with Crippen molar-refractivity contribution in [1.29, 1.82) is 0 Å². The molecule has 2 rings (SSSR count). The first kappa shape index (κ1) is 19.0. The number of carbonyl (C=O) groups is 2. The molecule has 1 saturated heterocycles. The van der Waals surface area contributed by atoms with Crippen molar-refractivity contribution >= 4 is 11.9 Å². The molecule has 0 aromatic heterocycles. The van der Waals surface area contributed by atoms with Crippen LogP contribution in [0.5, 0.6) is 11.5 Å². The molecule has 1 aliphatic heterocycles. The Labute approximate surface area is 146 Å². The largest absolute Gasteiger partial charge is 0.497 e. The van der Waals surface area contributed by atoms with E-state index in [4.69, 9.17) is 19.3 Å². The van der Waals surface area contributed by atoms with Crippen LogP contribution in [-0.2, 0) is 9.53 Å². The van der Waals surface area contributed by atoms with Gasteiger partial charge in [-0.05, 0) is 19.2 Å². The molecule has 1 aromatic rings. The van der Waals surface area contributed by atoms with E-state index < -0.39 is 5.97 Å². The predicted molar refractivity (Wildman–Crippen MR) is 90.3 cm³/mol. The van der Waals surface area contributed by atoms with E-state index in [9.17, 15) is 9.59 Å². The van der Waals surface area contributed by atoms with Gasteiger partial charge in [0.1, 0.15) is 11.5 Å². The number of likely N-dealkylation sites (N-methyl/N-ethyl adjacent to an activating group) is 1. The predicted octanol–water partition coefficient (Wildman–Crippen LogP) is 0.561. The summed E-state index contributed by atoms with van der Waals surface area (Å²) >= 11 is 0. The number of nitrogens with zero attached hydrogens (tertiary/aromatic N) is 2. The highest BCUT2D eigenvalue weighted by atomic mass is 16.5. The average Bonchev–Trinajstić information content (AvgIpc) is 2.60. The van der Waals surface area contributed by atoms with Crippen LogP contribution in [0, 0.1) is 0 Å². The van der Waals surface area contributed by atoms with E-state index in [1.54, 1.807) is 42.2 Å². The standard InChI is InChI=1S/C17H24N2O6/c1-18(11-16(20)21)9-13-10-19(6-7-25-13)17(22)14-5-4-12(23-2)8-15(14)24-3/h4-5,8,13H,6-7,9-11H2,1-3H3,(H,20,21). The van der Waals surface area contributed by atoms with Gasteiger partial charge in [0.15, 0.2) is 0 Å².